The Morgan fingerprint density at radius 1 is 1.45 bits per heavy atom. The molecular formula is C4H7N5O2. The van der Waals surface area contributed by atoms with E-state index < -0.39 is 12.2 Å². The highest BCUT2D eigenvalue weighted by Crippen LogP contribution is 2.02. The zero-order chi connectivity index (χ0) is 8.43. The summed E-state index contributed by atoms with van der Waals surface area (Å²) in [6.07, 6.45) is -0.756. The summed E-state index contributed by atoms with van der Waals surface area (Å²) < 4.78 is 0. The first-order chi connectivity index (χ1) is 5.15. The van der Waals surface area contributed by atoms with Crippen molar-refractivity contribution in [1.82, 2.24) is 10.6 Å². The van der Waals surface area contributed by atoms with E-state index >= 15 is 0 Å². The number of nitrogens with one attached hydrogen (secondary N) is 2. The Morgan fingerprint density at radius 2 is 2.09 bits per heavy atom. The van der Waals surface area contributed by atoms with Gasteiger partial charge in [0, 0.05) is 0 Å². The summed E-state index contributed by atoms with van der Waals surface area (Å²) in [7, 11) is 0. The van der Waals surface area contributed by atoms with Crippen LogP contribution in [0.2, 0.25) is 0 Å². The summed E-state index contributed by atoms with van der Waals surface area (Å²) in [5, 5.41) is 7.05. The molecule has 0 spiro atoms. The van der Waals surface area contributed by atoms with E-state index in [0.29, 0.717) is 0 Å². The van der Waals surface area contributed by atoms with Crippen LogP contribution in [0.3, 0.4) is 0 Å². The second-order valence-electron chi connectivity index (χ2n) is 1.95. The molecule has 0 fully saturated rings. The van der Waals surface area contributed by atoms with E-state index in [2.05, 4.69) is 15.8 Å². The number of nitrogens with zero attached hydrogens (tertiary/aromatic N) is 1. The van der Waals surface area contributed by atoms with Crippen molar-refractivity contribution in [3.63, 3.8) is 0 Å². The second-order valence-corrected chi connectivity index (χ2v) is 1.95. The molecule has 1 amide bonds. The van der Waals surface area contributed by atoms with Crippen LogP contribution in [-0.4, -0.2) is 12.2 Å². The fourth-order valence-corrected chi connectivity index (χ4v) is 0.695. The first-order valence-electron chi connectivity index (χ1n) is 2.81. The summed E-state index contributed by atoms with van der Waals surface area (Å²) in [6, 6.07) is 0. The lowest BCUT2D eigenvalue weighted by molar-refractivity contribution is -0.119. The predicted octanol–water partition coefficient (Wildman–Crippen LogP) is -2.16. The quantitative estimate of drug-likeness (QED) is 0.323. The van der Waals surface area contributed by atoms with Crippen molar-refractivity contribution < 1.29 is 4.79 Å². The summed E-state index contributed by atoms with van der Waals surface area (Å²) in [4.78, 5) is 20.7. The molecule has 0 aromatic rings. The van der Waals surface area contributed by atoms with Crippen LogP contribution >= 0.6 is 0 Å². The van der Waals surface area contributed by atoms with Crippen LogP contribution in [0.25, 0.3) is 0 Å². The van der Waals surface area contributed by atoms with Gasteiger partial charge in [0.1, 0.15) is 5.82 Å². The molecule has 6 N–H and O–H groups in total. The lowest BCUT2D eigenvalue weighted by Crippen LogP contribution is -2.57. The number of carbonyl (C=O) groups is 1. The average Bonchev–Trinajstić information content (AvgIpc) is 1.85. The van der Waals surface area contributed by atoms with Crippen molar-refractivity contribution in [2.45, 2.75) is 6.29 Å². The molecule has 0 aliphatic carbocycles. The Kier molecular flexibility index (Phi) is 1.73. The SMILES string of the molecule is NC1=C(N=O)C(=O)NC(N)N1. The number of carbonyl (C=O) groups excluding carboxylic acids is 1. The smallest absolute Gasteiger partial charge is 0.279 e. The molecule has 0 saturated carbocycles. The molecule has 1 aliphatic heterocycles. The minimum absolute atomic E-state index is 0.101. The van der Waals surface area contributed by atoms with Gasteiger partial charge in [-0.1, -0.05) is 0 Å². The fraction of sp³-hybridized carbons (Fsp3) is 0.250. The number of amides is 1. The Labute approximate surface area is 61.8 Å². The van der Waals surface area contributed by atoms with Crippen molar-refractivity contribution in [2.75, 3.05) is 0 Å². The van der Waals surface area contributed by atoms with Crippen molar-refractivity contribution in [1.29, 1.82) is 0 Å². The first-order valence-corrected chi connectivity index (χ1v) is 2.81. The lowest BCUT2D eigenvalue weighted by Gasteiger charge is -2.21. The zero-order valence-corrected chi connectivity index (χ0v) is 5.50. The predicted molar refractivity (Wildman–Crippen MR) is 36.3 cm³/mol. The van der Waals surface area contributed by atoms with Gasteiger partial charge in [0.05, 0.1) is 0 Å². The maximum absolute atomic E-state index is 10.8. The summed E-state index contributed by atoms with van der Waals surface area (Å²) >= 11 is 0. The Morgan fingerprint density at radius 3 is 2.55 bits per heavy atom. The average molecular weight is 157 g/mol. The van der Waals surface area contributed by atoms with Crippen LogP contribution in [0, 0.1) is 4.91 Å². The number of hydrogen-bond donors (Lipinski definition) is 4. The van der Waals surface area contributed by atoms with E-state index in [1.54, 1.807) is 0 Å². The van der Waals surface area contributed by atoms with Gasteiger partial charge in [0.25, 0.3) is 5.91 Å². The van der Waals surface area contributed by atoms with E-state index in [4.69, 9.17) is 11.5 Å². The number of nitroso groups, excluding NO2 is 1. The zero-order valence-electron chi connectivity index (χ0n) is 5.50. The van der Waals surface area contributed by atoms with Crippen LogP contribution in [0.1, 0.15) is 0 Å². The molecule has 7 heteroatoms. The van der Waals surface area contributed by atoms with Gasteiger partial charge in [-0.25, -0.2) is 0 Å². The van der Waals surface area contributed by atoms with Gasteiger partial charge in [0.2, 0.25) is 5.70 Å². The Hall–Kier alpha value is -1.63. The van der Waals surface area contributed by atoms with Gasteiger partial charge >= 0.3 is 0 Å². The van der Waals surface area contributed by atoms with Gasteiger partial charge in [0.15, 0.2) is 6.29 Å². The molecular weight excluding hydrogens is 150 g/mol. The maximum atomic E-state index is 10.8. The van der Waals surface area contributed by atoms with Crippen LogP contribution in [0.4, 0.5) is 0 Å². The van der Waals surface area contributed by atoms with Crippen molar-refractivity contribution in [2.24, 2.45) is 16.6 Å². The number of rotatable bonds is 1. The highest BCUT2D eigenvalue weighted by molar-refractivity contribution is 5.94. The highest BCUT2D eigenvalue weighted by atomic mass is 16.3. The molecule has 0 radical (unpaired) electrons. The third kappa shape index (κ3) is 1.27. The van der Waals surface area contributed by atoms with E-state index in [9.17, 15) is 9.70 Å². The monoisotopic (exact) mass is 157 g/mol. The first kappa shape index (κ1) is 7.48. The van der Waals surface area contributed by atoms with Gasteiger partial charge < -0.3 is 16.4 Å². The number of hydrogen-bond acceptors (Lipinski definition) is 6. The minimum atomic E-state index is -0.756. The lowest BCUT2D eigenvalue weighted by atomic mass is 10.3. The molecule has 11 heavy (non-hydrogen) atoms. The molecule has 1 unspecified atom stereocenters. The van der Waals surface area contributed by atoms with Crippen molar-refractivity contribution in [3.8, 4) is 0 Å². The largest absolute Gasteiger partial charge is 0.383 e. The molecule has 60 valence electrons. The third-order valence-corrected chi connectivity index (χ3v) is 1.16. The van der Waals surface area contributed by atoms with Crippen LogP contribution < -0.4 is 22.1 Å². The van der Waals surface area contributed by atoms with Crippen LogP contribution in [-0.2, 0) is 4.79 Å². The molecule has 0 aromatic heterocycles. The van der Waals surface area contributed by atoms with Gasteiger partial charge in [-0.05, 0) is 5.18 Å². The van der Waals surface area contributed by atoms with Gasteiger partial charge in [-0.15, -0.1) is 4.91 Å². The second kappa shape index (κ2) is 2.54. The standard InChI is InChI=1S/C4H7N5O2/c5-2-1(9-11)3(10)8-4(6)7-2/h4,7H,5-6H2,(H,8,10). The van der Waals surface area contributed by atoms with Crippen LogP contribution in [0.5, 0.6) is 0 Å². The topological polar surface area (TPSA) is 123 Å². The van der Waals surface area contributed by atoms with Crippen molar-refractivity contribution >= 4 is 5.91 Å². The Bertz CT molecular complexity index is 235. The Balaban J connectivity index is 2.94. The fourth-order valence-electron chi connectivity index (χ4n) is 0.695. The molecule has 1 heterocycles. The summed E-state index contributed by atoms with van der Waals surface area (Å²) in [6.45, 7) is 0. The molecule has 0 aromatic carbocycles. The van der Waals surface area contributed by atoms with E-state index in [0.717, 1.165) is 0 Å². The maximum Gasteiger partial charge on any atom is 0.279 e. The molecule has 1 aliphatic rings. The molecule has 1 rings (SSSR count). The van der Waals surface area contributed by atoms with Crippen LogP contribution in [0.15, 0.2) is 16.7 Å². The minimum Gasteiger partial charge on any atom is -0.383 e. The molecule has 7 nitrogen and oxygen atoms in total. The number of nitrogens with two attached hydrogens (primary N) is 2. The molecule has 0 saturated heterocycles. The molecule has 1 atom stereocenters. The summed E-state index contributed by atoms with van der Waals surface area (Å²) in [5.41, 5.74) is 10.1. The normalized spacial score (nSPS) is 24.1. The molecule has 0 bridgehead atoms. The highest BCUT2D eigenvalue weighted by Gasteiger charge is 2.23. The summed E-state index contributed by atoms with van der Waals surface area (Å²) in [5.74, 6) is -0.764. The van der Waals surface area contributed by atoms with E-state index in [-0.39, 0.29) is 11.5 Å². The van der Waals surface area contributed by atoms with E-state index in [1.165, 1.54) is 0 Å². The van der Waals surface area contributed by atoms with Gasteiger partial charge in [-0.2, -0.15) is 0 Å². The van der Waals surface area contributed by atoms with Gasteiger partial charge in [-0.3, -0.25) is 10.5 Å². The van der Waals surface area contributed by atoms with E-state index in [1.807, 2.05) is 0 Å². The third-order valence-electron chi connectivity index (χ3n) is 1.16. The van der Waals surface area contributed by atoms with Crippen molar-refractivity contribution in [3.05, 3.63) is 16.4 Å².